The fraction of sp³-hybridized carbons (Fsp3) is 0.231. The van der Waals surface area contributed by atoms with E-state index in [-0.39, 0.29) is 6.10 Å². The van der Waals surface area contributed by atoms with E-state index in [0.29, 0.717) is 5.92 Å². The summed E-state index contributed by atoms with van der Waals surface area (Å²) in [4.78, 5) is 0. The number of hydrogen-bond donors (Lipinski definition) is 0. The van der Waals surface area contributed by atoms with Crippen LogP contribution in [0.15, 0.2) is 54.6 Å². The van der Waals surface area contributed by atoms with E-state index < -0.39 is 0 Å². The summed E-state index contributed by atoms with van der Waals surface area (Å²) in [7, 11) is 1.72. The Bertz CT molecular complexity index is 324. The van der Waals surface area contributed by atoms with Crippen molar-refractivity contribution in [2.45, 2.75) is 12.0 Å². The zero-order valence-electron chi connectivity index (χ0n) is 8.26. The molecule has 0 saturated carbocycles. The highest BCUT2D eigenvalue weighted by Gasteiger charge is 2.09. The maximum absolute atomic E-state index is 5.20. The van der Waals surface area contributed by atoms with Crippen LogP contribution in [0.25, 0.3) is 0 Å². The van der Waals surface area contributed by atoms with Crippen LogP contribution < -0.4 is 0 Å². The normalized spacial score (nSPS) is 25.2. The number of allylic oxidation sites excluding steroid dienone is 2. The molecule has 1 aromatic rings. The minimum Gasteiger partial charge on any atom is -0.373 e. The zero-order chi connectivity index (χ0) is 9.80. The van der Waals surface area contributed by atoms with Crippen molar-refractivity contribution in [2.24, 2.45) is 0 Å². The van der Waals surface area contributed by atoms with E-state index in [4.69, 9.17) is 4.74 Å². The van der Waals surface area contributed by atoms with Gasteiger partial charge in [-0.1, -0.05) is 54.6 Å². The maximum Gasteiger partial charge on any atom is 0.0934 e. The van der Waals surface area contributed by atoms with Crippen molar-refractivity contribution in [2.75, 3.05) is 7.11 Å². The van der Waals surface area contributed by atoms with Gasteiger partial charge in [-0.25, -0.2) is 0 Å². The fourth-order valence-corrected chi connectivity index (χ4v) is 1.64. The molecule has 72 valence electrons. The SMILES string of the molecule is COC1C=CC(c2ccccc2)C=C1. The average molecular weight is 186 g/mol. The molecule has 1 aliphatic carbocycles. The Labute approximate surface area is 84.7 Å². The molecule has 0 N–H and O–H groups in total. The monoisotopic (exact) mass is 186 g/mol. The summed E-state index contributed by atoms with van der Waals surface area (Å²) in [5, 5.41) is 0. The number of rotatable bonds is 2. The number of hydrogen-bond acceptors (Lipinski definition) is 1. The van der Waals surface area contributed by atoms with Gasteiger partial charge in [-0.3, -0.25) is 0 Å². The molecule has 0 fully saturated rings. The Kier molecular flexibility index (Phi) is 2.80. The van der Waals surface area contributed by atoms with Crippen molar-refractivity contribution >= 4 is 0 Å². The van der Waals surface area contributed by atoms with Gasteiger partial charge >= 0.3 is 0 Å². The summed E-state index contributed by atoms with van der Waals surface area (Å²) in [6, 6.07) is 10.5. The van der Waals surface area contributed by atoms with Gasteiger partial charge in [0, 0.05) is 13.0 Å². The van der Waals surface area contributed by atoms with E-state index in [1.54, 1.807) is 7.11 Å². The standard InChI is InChI=1S/C13H14O/c1-14-13-9-7-12(8-10-13)11-5-3-2-4-6-11/h2-10,12-13H,1H3. The van der Waals surface area contributed by atoms with Gasteiger partial charge in [-0.05, 0) is 5.56 Å². The highest BCUT2D eigenvalue weighted by atomic mass is 16.5. The van der Waals surface area contributed by atoms with Crippen LogP contribution in [0.5, 0.6) is 0 Å². The molecular formula is C13H14O. The van der Waals surface area contributed by atoms with Crippen molar-refractivity contribution in [3.63, 3.8) is 0 Å². The average Bonchev–Trinajstić information content (AvgIpc) is 2.30. The van der Waals surface area contributed by atoms with E-state index in [2.05, 4.69) is 48.6 Å². The van der Waals surface area contributed by atoms with Crippen LogP contribution in [-0.2, 0) is 4.74 Å². The van der Waals surface area contributed by atoms with Crippen LogP contribution in [0.1, 0.15) is 11.5 Å². The van der Waals surface area contributed by atoms with E-state index in [1.807, 2.05) is 6.07 Å². The first-order valence-corrected chi connectivity index (χ1v) is 4.84. The lowest BCUT2D eigenvalue weighted by atomic mass is 9.94. The highest BCUT2D eigenvalue weighted by molar-refractivity contribution is 5.32. The van der Waals surface area contributed by atoms with Gasteiger partial charge < -0.3 is 4.74 Å². The fourth-order valence-electron chi connectivity index (χ4n) is 1.64. The van der Waals surface area contributed by atoms with E-state index in [1.165, 1.54) is 5.56 Å². The molecule has 14 heavy (non-hydrogen) atoms. The summed E-state index contributed by atoms with van der Waals surface area (Å²) in [6.07, 6.45) is 8.71. The first-order chi connectivity index (χ1) is 6.90. The summed E-state index contributed by atoms with van der Waals surface area (Å²) < 4.78 is 5.20. The molecule has 0 aliphatic heterocycles. The summed E-state index contributed by atoms with van der Waals surface area (Å²) in [5.74, 6) is 0.405. The van der Waals surface area contributed by atoms with Gasteiger partial charge in [0.05, 0.1) is 6.10 Å². The topological polar surface area (TPSA) is 9.23 Å². The minimum atomic E-state index is 0.148. The summed E-state index contributed by atoms with van der Waals surface area (Å²) >= 11 is 0. The van der Waals surface area contributed by atoms with Crippen molar-refractivity contribution in [1.82, 2.24) is 0 Å². The third kappa shape index (κ3) is 1.94. The second-order valence-corrected chi connectivity index (χ2v) is 3.41. The van der Waals surface area contributed by atoms with Gasteiger partial charge in [0.1, 0.15) is 0 Å². The van der Waals surface area contributed by atoms with Crippen LogP contribution in [0, 0.1) is 0 Å². The quantitative estimate of drug-likeness (QED) is 0.645. The molecule has 0 atom stereocenters. The maximum atomic E-state index is 5.20. The Hall–Kier alpha value is -1.34. The largest absolute Gasteiger partial charge is 0.373 e. The molecule has 0 heterocycles. The Morgan fingerprint density at radius 1 is 0.929 bits per heavy atom. The Morgan fingerprint density at radius 3 is 2.14 bits per heavy atom. The zero-order valence-corrected chi connectivity index (χ0v) is 8.26. The van der Waals surface area contributed by atoms with Gasteiger partial charge in [0.25, 0.3) is 0 Å². The molecule has 2 rings (SSSR count). The van der Waals surface area contributed by atoms with Crippen LogP contribution in [0.3, 0.4) is 0 Å². The van der Waals surface area contributed by atoms with Crippen molar-refractivity contribution in [3.05, 3.63) is 60.2 Å². The molecule has 0 aromatic heterocycles. The number of methoxy groups -OCH3 is 1. The molecule has 0 spiro atoms. The predicted molar refractivity (Wildman–Crippen MR) is 58.3 cm³/mol. The van der Waals surface area contributed by atoms with Crippen molar-refractivity contribution < 1.29 is 4.74 Å². The number of benzene rings is 1. The van der Waals surface area contributed by atoms with Gasteiger partial charge in [-0.2, -0.15) is 0 Å². The molecular weight excluding hydrogens is 172 g/mol. The van der Waals surface area contributed by atoms with Crippen LogP contribution in [0.2, 0.25) is 0 Å². The van der Waals surface area contributed by atoms with Crippen molar-refractivity contribution in [3.8, 4) is 0 Å². The first-order valence-electron chi connectivity index (χ1n) is 4.84. The van der Waals surface area contributed by atoms with Gasteiger partial charge in [-0.15, -0.1) is 0 Å². The molecule has 0 bridgehead atoms. The lowest BCUT2D eigenvalue weighted by Crippen LogP contribution is -2.07. The smallest absolute Gasteiger partial charge is 0.0934 e. The van der Waals surface area contributed by atoms with E-state index in [0.717, 1.165) is 0 Å². The molecule has 1 aromatic carbocycles. The van der Waals surface area contributed by atoms with Crippen LogP contribution in [-0.4, -0.2) is 13.2 Å². The molecule has 1 nitrogen and oxygen atoms in total. The summed E-state index contributed by atoms with van der Waals surface area (Å²) in [6.45, 7) is 0. The second-order valence-electron chi connectivity index (χ2n) is 3.41. The molecule has 1 heteroatoms. The second kappa shape index (κ2) is 4.25. The summed E-state index contributed by atoms with van der Waals surface area (Å²) in [5.41, 5.74) is 1.33. The van der Waals surface area contributed by atoms with E-state index >= 15 is 0 Å². The van der Waals surface area contributed by atoms with Gasteiger partial charge in [0.2, 0.25) is 0 Å². The van der Waals surface area contributed by atoms with Crippen molar-refractivity contribution in [1.29, 1.82) is 0 Å². The van der Waals surface area contributed by atoms with Gasteiger partial charge in [0.15, 0.2) is 0 Å². The molecule has 0 saturated heterocycles. The van der Waals surface area contributed by atoms with E-state index in [9.17, 15) is 0 Å². The lowest BCUT2D eigenvalue weighted by Gasteiger charge is -2.15. The van der Waals surface area contributed by atoms with Crippen LogP contribution >= 0.6 is 0 Å². The predicted octanol–water partition coefficient (Wildman–Crippen LogP) is 2.91. The molecule has 0 radical (unpaired) electrons. The first kappa shape index (κ1) is 9.22. The third-order valence-corrected chi connectivity index (χ3v) is 2.47. The lowest BCUT2D eigenvalue weighted by molar-refractivity contribution is 0.176. The molecule has 1 aliphatic rings. The number of ether oxygens (including phenoxy) is 1. The minimum absolute atomic E-state index is 0.148. The highest BCUT2D eigenvalue weighted by Crippen LogP contribution is 2.22. The third-order valence-electron chi connectivity index (χ3n) is 2.47. The molecule has 0 unspecified atom stereocenters. The molecule has 0 amide bonds. The Balaban J connectivity index is 2.13. The van der Waals surface area contributed by atoms with Crippen LogP contribution in [0.4, 0.5) is 0 Å². The Morgan fingerprint density at radius 2 is 1.57 bits per heavy atom.